The Morgan fingerprint density at radius 2 is 2.00 bits per heavy atom. The average molecular weight is 236 g/mol. The van der Waals surface area contributed by atoms with E-state index in [0.717, 1.165) is 0 Å². The van der Waals surface area contributed by atoms with Crippen LogP contribution in [0.25, 0.3) is 0 Å². The first-order valence-electron chi connectivity index (χ1n) is 5.63. The van der Waals surface area contributed by atoms with E-state index in [1.165, 1.54) is 0 Å². The van der Waals surface area contributed by atoms with Crippen molar-refractivity contribution in [3.63, 3.8) is 0 Å². The van der Waals surface area contributed by atoms with Gasteiger partial charge in [-0.2, -0.15) is 0 Å². The topological polar surface area (TPSA) is 58.7 Å². The molecule has 94 valence electrons. The highest BCUT2D eigenvalue weighted by Crippen LogP contribution is 2.28. The highest BCUT2D eigenvalue weighted by atomic mass is 19.3. The molecule has 6 heteroatoms. The first-order chi connectivity index (χ1) is 7.48. The van der Waals surface area contributed by atoms with Crippen LogP contribution in [0.4, 0.5) is 8.78 Å². The Bertz CT molecular complexity index is 243. The van der Waals surface area contributed by atoms with Gasteiger partial charge in [-0.25, -0.2) is 8.78 Å². The summed E-state index contributed by atoms with van der Waals surface area (Å²) in [6.07, 6.45) is -1.23. The predicted octanol–water partition coefficient (Wildman–Crippen LogP) is -0.196. The van der Waals surface area contributed by atoms with Crippen LogP contribution in [0, 0.1) is 0 Å². The number of rotatable bonds is 2. The lowest BCUT2D eigenvalue weighted by atomic mass is 10.0. The molecule has 2 saturated heterocycles. The van der Waals surface area contributed by atoms with Gasteiger partial charge in [-0.3, -0.25) is 0 Å². The molecule has 0 saturated carbocycles. The summed E-state index contributed by atoms with van der Waals surface area (Å²) in [7, 11) is 0. The molecular formula is C10H18F2N2O2. The van der Waals surface area contributed by atoms with E-state index >= 15 is 0 Å². The lowest BCUT2D eigenvalue weighted by Gasteiger charge is -2.33. The molecule has 2 rings (SSSR count). The van der Waals surface area contributed by atoms with E-state index in [2.05, 4.69) is 0 Å². The van der Waals surface area contributed by atoms with Gasteiger partial charge in [-0.05, 0) is 0 Å². The quantitative estimate of drug-likeness (QED) is 0.697. The van der Waals surface area contributed by atoms with Crippen LogP contribution in [-0.2, 0) is 4.74 Å². The van der Waals surface area contributed by atoms with Crippen molar-refractivity contribution in [2.45, 2.75) is 37.0 Å². The van der Waals surface area contributed by atoms with Crippen LogP contribution in [0.1, 0.15) is 12.8 Å². The number of aliphatic hydroxyl groups is 1. The van der Waals surface area contributed by atoms with E-state index < -0.39 is 12.0 Å². The Labute approximate surface area is 93.4 Å². The number of nitrogens with zero attached hydrogens (tertiary/aromatic N) is 1. The summed E-state index contributed by atoms with van der Waals surface area (Å²) < 4.78 is 31.1. The predicted molar refractivity (Wildman–Crippen MR) is 54.3 cm³/mol. The molecule has 3 N–H and O–H groups in total. The fourth-order valence-electron chi connectivity index (χ4n) is 2.19. The van der Waals surface area contributed by atoms with E-state index in [1.54, 1.807) is 0 Å². The van der Waals surface area contributed by atoms with Crippen molar-refractivity contribution in [1.29, 1.82) is 0 Å². The van der Waals surface area contributed by atoms with Crippen LogP contribution in [0.2, 0.25) is 0 Å². The molecule has 0 aromatic carbocycles. The number of aliphatic hydroxyl groups excluding tert-OH is 1. The van der Waals surface area contributed by atoms with Crippen molar-refractivity contribution in [3.8, 4) is 0 Å². The third kappa shape index (κ3) is 2.68. The number of nitrogens with two attached hydrogens (primary N) is 1. The Morgan fingerprint density at radius 3 is 2.50 bits per heavy atom. The number of likely N-dealkylation sites (tertiary alicyclic amines) is 1. The van der Waals surface area contributed by atoms with Gasteiger partial charge in [-0.15, -0.1) is 0 Å². The summed E-state index contributed by atoms with van der Waals surface area (Å²) in [5, 5.41) is 9.67. The average Bonchev–Trinajstić information content (AvgIpc) is 2.53. The monoisotopic (exact) mass is 236 g/mol. The van der Waals surface area contributed by atoms with Gasteiger partial charge in [0, 0.05) is 32.5 Å². The second-order valence-corrected chi connectivity index (χ2v) is 4.68. The zero-order valence-corrected chi connectivity index (χ0v) is 9.11. The van der Waals surface area contributed by atoms with Crippen molar-refractivity contribution < 1.29 is 18.6 Å². The van der Waals surface area contributed by atoms with Crippen molar-refractivity contribution in [1.82, 2.24) is 4.90 Å². The minimum absolute atomic E-state index is 0.109. The maximum atomic E-state index is 12.9. The number of hydrogen-bond donors (Lipinski definition) is 2. The van der Waals surface area contributed by atoms with Gasteiger partial charge in [0.1, 0.15) is 0 Å². The van der Waals surface area contributed by atoms with Gasteiger partial charge in [0.2, 0.25) is 0 Å². The van der Waals surface area contributed by atoms with Crippen LogP contribution < -0.4 is 5.73 Å². The van der Waals surface area contributed by atoms with Gasteiger partial charge >= 0.3 is 0 Å². The Hall–Kier alpha value is -0.300. The molecular weight excluding hydrogens is 218 g/mol. The minimum Gasteiger partial charge on any atom is -0.389 e. The highest BCUT2D eigenvalue weighted by molar-refractivity contribution is 4.89. The fraction of sp³-hybridized carbons (Fsp3) is 1.00. The second-order valence-electron chi connectivity index (χ2n) is 4.68. The molecule has 0 spiro atoms. The van der Waals surface area contributed by atoms with Crippen molar-refractivity contribution >= 4 is 0 Å². The molecule has 0 aromatic heterocycles. The largest absolute Gasteiger partial charge is 0.389 e. The molecule has 0 aromatic rings. The number of halogens is 2. The summed E-state index contributed by atoms with van der Waals surface area (Å²) in [4.78, 5) is 1.91. The third-order valence-electron chi connectivity index (χ3n) is 3.35. The van der Waals surface area contributed by atoms with E-state index in [4.69, 9.17) is 10.5 Å². The van der Waals surface area contributed by atoms with Crippen LogP contribution in [0.5, 0.6) is 0 Å². The summed E-state index contributed by atoms with van der Waals surface area (Å²) in [6.45, 7) is 1.55. The molecule has 3 atom stereocenters. The summed E-state index contributed by atoms with van der Waals surface area (Å²) >= 11 is 0. The smallest absolute Gasteiger partial charge is 0.250 e. The van der Waals surface area contributed by atoms with Crippen LogP contribution in [-0.4, -0.2) is 60.4 Å². The highest BCUT2D eigenvalue weighted by Gasteiger charge is 2.38. The lowest BCUT2D eigenvalue weighted by Crippen LogP contribution is -2.46. The molecule has 0 radical (unpaired) electrons. The molecule has 4 nitrogen and oxygen atoms in total. The number of ether oxygens (including phenoxy) is 1. The minimum atomic E-state index is -2.53. The van der Waals surface area contributed by atoms with Gasteiger partial charge in [0.15, 0.2) is 0 Å². The molecule has 2 aliphatic heterocycles. The van der Waals surface area contributed by atoms with E-state index in [0.29, 0.717) is 26.2 Å². The first-order valence-corrected chi connectivity index (χ1v) is 5.63. The summed E-state index contributed by atoms with van der Waals surface area (Å²) in [6, 6.07) is -0.351. The van der Waals surface area contributed by atoms with E-state index in [-0.39, 0.29) is 25.0 Å². The fourth-order valence-corrected chi connectivity index (χ4v) is 2.19. The zero-order valence-electron chi connectivity index (χ0n) is 9.11. The van der Waals surface area contributed by atoms with E-state index in [9.17, 15) is 13.9 Å². The molecule has 2 aliphatic rings. The van der Waals surface area contributed by atoms with Crippen molar-refractivity contribution in [2.24, 2.45) is 5.73 Å². The number of hydrogen-bond acceptors (Lipinski definition) is 4. The van der Waals surface area contributed by atoms with Crippen molar-refractivity contribution in [3.05, 3.63) is 0 Å². The molecule has 3 unspecified atom stereocenters. The molecule has 16 heavy (non-hydrogen) atoms. The Balaban J connectivity index is 1.79. The van der Waals surface area contributed by atoms with Crippen LogP contribution in [0.15, 0.2) is 0 Å². The Kier molecular flexibility index (Phi) is 3.44. The van der Waals surface area contributed by atoms with Gasteiger partial charge in [-0.1, -0.05) is 0 Å². The zero-order chi connectivity index (χ0) is 11.8. The molecule has 0 bridgehead atoms. The lowest BCUT2D eigenvalue weighted by molar-refractivity contribution is -0.0673. The molecule has 2 heterocycles. The van der Waals surface area contributed by atoms with E-state index in [1.807, 2.05) is 4.90 Å². The van der Waals surface area contributed by atoms with Gasteiger partial charge in [0.05, 0.1) is 24.9 Å². The number of piperidine rings is 1. The summed E-state index contributed by atoms with van der Waals surface area (Å²) in [5.41, 5.74) is 5.60. The second kappa shape index (κ2) is 4.52. The summed E-state index contributed by atoms with van der Waals surface area (Å²) in [5.74, 6) is -2.53. The number of alkyl halides is 2. The maximum Gasteiger partial charge on any atom is 0.250 e. The molecule has 0 aliphatic carbocycles. The van der Waals surface area contributed by atoms with Crippen LogP contribution in [0.3, 0.4) is 0 Å². The maximum absolute atomic E-state index is 12.9. The normalized spacial score (nSPS) is 40.1. The Morgan fingerprint density at radius 1 is 1.38 bits per heavy atom. The van der Waals surface area contributed by atoms with Crippen molar-refractivity contribution in [2.75, 3.05) is 26.2 Å². The third-order valence-corrected chi connectivity index (χ3v) is 3.35. The molecule has 2 fully saturated rings. The standard InChI is InChI=1S/C10H18F2N2O2/c11-10(12)1-3-14(4-2-10)5-8-9(15)7(13)6-16-8/h7-9,15H,1-6,13H2. The molecule has 0 amide bonds. The SMILES string of the molecule is NC1COC(CN2CCC(F)(F)CC2)C1O. The van der Waals surface area contributed by atoms with Gasteiger partial charge in [0.25, 0.3) is 5.92 Å². The van der Waals surface area contributed by atoms with Gasteiger partial charge < -0.3 is 20.5 Å². The first kappa shape index (κ1) is 12.2. The van der Waals surface area contributed by atoms with Crippen LogP contribution >= 0.6 is 0 Å².